The van der Waals surface area contributed by atoms with Gasteiger partial charge in [-0.2, -0.15) is 0 Å². The van der Waals surface area contributed by atoms with Crippen LogP contribution < -0.4 is 14.8 Å². The number of carbonyl (C=O) groups excluding carboxylic acids is 2. The zero-order chi connectivity index (χ0) is 28.2. The minimum atomic E-state index is -0.624. The highest BCUT2D eigenvalue weighted by atomic mass is 16.5. The SMILES string of the molecule is COc1cccc(CN(C(=O)CCCOc2ccc(C)cc2)[C@@H](Cc2ccccc2)C(=O)NC2CCCCC2)c1. The van der Waals surface area contributed by atoms with Crippen molar-refractivity contribution in [3.05, 3.63) is 95.6 Å². The summed E-state index contributed by atoms with van der Waals surface area (Å²) in [6, 6.07) is 25.1. The molecule has 1 fully saturated rings. The van der Waals surface area contributed by atoms with Gasteiger partial charge in [0.15, 0.2) is 0 Å². The van der Waals surface area contributed by atoms with Crippen LogP contribution in [0, 0.1) is 6.92 Å². The van der Waals surface area contributed by atoms with Gasteiger partial charge in [-0.3, -0.25) is 9.59 Å². The Kier molecular flexibility index (Phi) is 11.0. The van der Waals surface area contributed by atoms with Gasteiger partial charge in [0.25, 0.3) is 0 Å². The first kappa shape index (κ1) is 29.2. The highest BCUT2D eigenvalue weighted by Crippen LogP contribution is 2.22. The Morgan fingerprint density at radius 2 is 1.62 bits per heavy atom. The molecule has 212 valence electrons. The van der Waals surface area contributed by atoms with Crippen LogP contribution in [0.5, 0.6) is 11.5 Å². The van der Waals surface area contributed by atoms with Gasteiger partial charge in [0, 0.05) is 25.4 Å². The first-order valence-electron chi connectivity index (χ1n) is 14.5. The molecule has 4 rings (SSSR count). The summed E-state index contributed by atoms with van der Waals surface area (Å²) in [7, 11) is 1.63. The maximum absolute atomic E-state index is 13.9. The van der Waals surface area contributed by atoms with E-state index >= 15 is 0 Å². The van der Waals surface area contributed by atoms with E-state index in [1.54, 1.807) is 12.0 Å². The molecule has 0 aliphatic heterocycles. The molecule has 0 bridgehead atoms. The number of hydrogen-bond acceptors (Lipinski definition) is 4. The molecule has 1 N–H and O–H groups in total. The number of ether oxygens (including phenoxy) is 2. The Hall–Kier alpha value is -3.80. The molecular weight excluding hydrogens is 500 g/mol. The molecule has 2 amide bonds. The van der Waals surface area contributed by atoms with E-state index in [0.717, 1.165) is 48.3 Å². The average molecular weight is 543 g/mol. The third-order valence-electron chi connectivity index (χ3n) is 7.53. The van der Waals surface area contributed by atoms with Crippen LogP contribution in [0.2, 0.25) is 0 Å². The summed E-state index contributed by atoms with van der Waals surface area (Å²) in [5.41, 5.74) is 3.12. The highest BCUT2D eigenvalue weighted by molar-refractivity contribution is 5.88. The summed E-state index contributed by atoms with van der Waals surface area (Å²) in [5, 5.41) is 3.29. The van der Waals surface area contributed by atoms with Gasteiger partial charge in [0.1, 0.15) is 17.5 Å². The monoisotopic (exact) mass is 542 g/mol. The molecule has 40 heavy (non-hydrogen) atoms. The molecule has 0 unspecified atom stereocenters. The number of hydrogen-bond donors (Lipinski definition) is 1. The Balaban J connectivity index is 1.53. The Morgan fingerprint density at radius 1 is 0.900 bits per heavy atom. The molecule has 6 heteroatoms. The fourth-order valence-electron chi connectivity index (χ4n) is 5.26. The number of carbonyl (C=O) groups is 2. The molecule has 1 aliphatic rings. The summed E-state index contributed by atoms with van der Waals surface area (Å²) >= 11 is 0. The van der Waals surface area contributed by atoms with Gasteiger partial charge in [0.2, 0.25) is 11.8 Å². The van der Waals surface area contributed by atoms with Crippen molar-refractivity contribution in [2.24, 2.45) is 0 Å². The van der Waals surface area contributed by atoms with E-state index in [1.807, 2.05) is 85.8 Å². The fraction of sp³-hybridized carbons (Fsp3) is 0.412. The zero-order valence-electron chi connectivity index (χ0n) is 23.8. The standard InChI is InChI=1S/C34H42N2O4/c1-26-18-20-30(21-19-26)40-22-10-17-33(37)36(25-28-13-9-16-31(23-28)39-2)32(24-27-11-5-3-6-12-27)34(38)35-29-14-7-4-8-15-29/h3,5-6,9,11-13,16,18-21,23,29,32H,4,7-8,10,14-15,17,22,24-25H2,1-2H3,(H,35,38)/t32-/m0/s1. The number of nitrogens with one attached hydrogen (secondary N) is 1. The molecule has 1 aliphatic carbocycles. The molecule has 1 saturated carbocycles. The summed E-state index contributed by atoms with van der Waals surface area (Å²) in [6.45, 7) is 2.79. The van der Waals surface area contributed by atoms with Gasteiger partial charge < -0.3 is 19.7 Å². The van der Waals surface area contributed by atoms with Gasteiger partial charge in [-0.25, -0.2) is 0 Å². The van der Waals surface area contributed by atoms with Gasteiger partial charge in [-0.05, 0) is 61.6 Å². The van der Waals surface area contributed by atoms with Crippen LogP contribution in [0.4, 0.5) is 0 Å². The zero-order valence-corrected chi connectivity index (χ0v) is 23.8. The van der Waals surface area contributed by atoms with Crippen molar-refractivity contribution in [2.45, 2.75) is 76.9 Å². The molecular formula is C34H42N2O4. The molecule has 0 spiro atoms. The highest BCUT2D eigenvalue weighted by Gasteiger charge is 2.31. The lowest BCUT2D eigenvalue weighted by atomic mass is 9.94. The van der Waals surface area contributed by atoms with Crippen LogP contribution in [-0.4, -0.2) is 42.5 Å². The van der Waals surface area contributed by atoms with Gasteiger partial charge in [-0.1, -0.05) is 79.4 Å². The lowest BCUT2D eigenvalue weighted by Crippen LogP contribution is -2.52. The van der Waals surface area contributed by atoms with E-state index in [1.165, 1.54) is 12.0 Å². The van der Waals surface area contributed by atoms with Crippen molar-refractivity contribution < 1.29 is 19.1 Å². The maximum Gasteiger partial charge on any atom is 0.243 e. The second-order valence-corrected chi connectivity index (χ2v) is 10.7. The van der Waals surface area contributed by atoms with Gasteiger partial charge >= 0.3 is 0 Å². The Labute approximate surface area is 238 Å². The predicted molar refractivity (Wildman–Crippen MR) is 158 cm³/mol. The summed E-state index contributed by atoms with van der Waals surface area (Å²) in [5.74, 6) is 1.38. The first-order valence-corrected chi connectivity index (χ1v) is 14.5. The van der Waals surface area contributed by atoms with Crippen molar-refractivity contribution in [1.82, 2.24) is 10.2 Å². The van der Waals surface area contributed by atoms with E-state index in [0.29, 0.717) is 26.0 Å². The van der Waals surface area contributed by atoms with E-state index in [-0.39, 0.29) is 24.3 Å². The molecule has 0 radical (unpaired) electrons. The van der Waals surface area contributed by atoms with E-state index in [9.17, 15) is 9.59 Å². The second-order valence-electron chi connectivity index (χ2n) is 10.7. The van der Waals surface area contributed by atoms with Crippen molar-refractivity contribution in [3.63, 3.8) is 0 Å². The first-order chi connectivity index (χ1) is 19.5. The number of nitrogens with zero attached hydrogens (tertiary/aromatic N) is 1. The number of aryl methyl sites for hydroxylation is 1. The number of rotatable bonds is 13. The normalized spacial score (nSPS) is 14.2. The molecule has 0 aromatic heterocycles. The van der Waals surface area contributed by atoms with Crippen LogP contribution in [-0.2, 0) is 22.6 Å². The van der Waals surface area contributed by atoms with E-state index in [4.69, 9.17) is 9.47 Å². The van der Waals surface area contributed by atoms with Crippen LogP contribution in [0.3, 0.4) is 0 Å². The van der Waals surface area contributed by atoms with E-state index in [2.05, 4.69) is 5.32 Å². The van der Waals surface area contributed by atoms with Gasteiger partial charge in [-0.15, -0.1) is 0 Å². The largest absolute Gasteiger partial charge is 0.497 e. The fourth-order valence-corrected chi connectivity index (χ4v) is 5.26. The van der Waals surface area contributed by atoms with Crippen molar-refractivity contribution in [3.8, 4) is 11.5 Å². The lowest BCUT2D eigenvalue weighted by molar-refractivity contribution is -0.141. The quantitative estimate of drug-likeness (QED) is 0.259. The molecule has 3 aromatic rings. The van der Waals surface area contributed by atoms with Crippen molar-refractivity contribution >= 4 is 11.8 Å². The minimum Gasteiger partial charge on any atom is -0.497 e. The Bertz CT molecular complexity index is 1210. The second kappa shape index (κ2) is 15.1. The van der Waals surface area contributed by atoms with Crippen LogP contribution in [0.1, 0.15) is 61.6 Å². The molecule has 6 nitrogen and oxygen atoms in total. The summed E-state index contributed by atoms with van der Waals surface area (Å²) < 4.78 is 11.3. The smallest absolute Gasteiger partial charge is 0.243 e. The average Bonchev–Trinajstić information content (AvgIpc) is 2.99. The molecule has 0 heterocycles. The minimum absolute atomic E-state index is 0.0601. The topological polar surface area (TPSA) is 67.9 Å². The van der Waals surface area contributed by atoms with Crippen molar-refractivity contribution in [1.29, 1.82) is 0 Å². The van der Waals surface area contributed by atoms with Gasteiger partial charge in [0.05, 0.1) is 13.7 Å². The molecule has 1 atom stereocenters. The lowest BCUT2D eigenvalue weighted by Gasteiger charge is -2.33. The third kappa shape index (κ3) is 8.87. The Morgan fingerprint density at radius 3 is 2.35 bits per heavy atom. The summed E-state index contributed by atoms with van der Waals surface area (Å²) in [6.07, 6.45) is 6.75. The number of methoxy groups -OCH3 is 1. The third-order valence-corrected chi connectivity index (χ3v) is 7.53. The predicted octanol–water partition coefficient (Wildman–Crippen LogP) is 6.25. The van der Waals surface area contributed by atoms with E-state index < -0.39 is 6.04 Å². The molecule has 0 saturated heterocycles. The maximum atomic E-state index is 13.9. The molecule has 3 aromatic carbocycles. The number of amides is 2. The van der Waals surface area contributed by atoms with Crippen LogP contribution >= 0.6 is 0 Å². The summed E-state index contributed by atoms with van der Waals surface area (Å²) in [4.78, 5) is 29.5. The van der Waals surface area contributed by atoms with Crippen molar-refractivity contribution in [2.75, 3.05) is 13.7 Å². The number of benzene rings is 3. The van der Waals surface area contributed by atoms with Crippen LogP contribution in [0.15, 0.2) is 78.9 Å². The van der Waals surface area contributed by atoms with Crippen LogP contribution in [0.25, 0.3) is 0 Å².